The zero-order valence-corrected chi connectivity index (χ0v) is 17.9. The van der Waals surface area contributed by atoms with Crippen LogP contribution in [0.25, 0.3) is 0 Å². The van der Waals surface area contributed by atoms with Gasteiger partial charge in [-0.05, 0) is 31.2 Å². The quantitative estimate of drug-likeness (QED) is 0.559. The fourth-order valence-electron chi connectivity index (χ4n) is 2.37. The Balaban J connectivity index is 3.07. The minimum absolute atomic E-state index is 0.0841. The van der Waals surface area contributed by atoms with Crippen molar-refractivity contribution in [3.63, 3.8) is 0 Å². The number of unbranched alkanes of at least 4 members (excludes halogenated alkanes) is 2. The normalized spacial score (nSPS) is 16.2. The summed E-state index contributed by atoms with van der Waals surface area (Å²) in [4.78, 5) is 12.6. The zero-order chi connectivity index (χ0) is 19.3. The number of hydrogen-bond donors (Lipinski definition) is 0. The molecule has 0 N–H and O–H groups in total. The van der Waals surface area contributed by atoms with Gasteiger partial charge in [-0.25, -0.2) is 3.63 Å². The smallest absolute Gasteiger partial charge is 0.299 e. The molecule has 0 aliphatic rings. The maximum Gasteiger partial charge on any atom is 0.306 e. The van der Waals surface area contributed by atoms with Crippen LogP contribution < -0.4 is 0 Å². The van der Waals surface area contributed by atoms with Crippen LogP contribution in [0, 0.1) is 6.92 Å². The van der Waals surface area contributed by atoms with Crippen molar-refractivity contribution in [2.24, 2.45) is 0 Å². The molecule has 0 saturated heterocycles. The summed E-state index contributed by atoms with van der Waals surface area (Å²) in [5.41, 5.74) is 0.646. The highest BCUT2D eigenvalue weighted by atomic mass is 32.3. The molecule has 0 heterocycles. The molecule has 1 aromatic rings. The summed E-state index contributed by atoms with van der Waals surface area (Å²) in [5, 5.41) is 0. The Hall–Kier alpha value is -0.850. The average molecular weight is 389 g/mol. The maximum atomic E-state index is 12.8. The monoisotopic (exact) mass is 388 g/mol. The second-order valence-electron chi connectivity index (χ2n) is 7.55. The summed E-state index contributed by atoms with van der Waals surface area (Å²) in [6.45, 7) is 9.65. The summed E-state index contributed by atoms with van der Waals surface area (Å²) in [7, 11) is -6.07. The van der Waals surface area contributed by atoms with Crippen LogP contribution >= 0.6 is 10.3 Å². The molecule has 1 unspecified atom stereocenters. The Bertz CT molecular complexity index is 690. The van der Waals surface area contributed by atoms with E-state index >= 15 is 0 Å². The van der Waals surface area contributed by atoms with Crippen LogP contribution in [0.3, 0.4) is 0 Å². The van der Waals surface area contributed by atoms with Crippen molar-refractivity contribution in [1.82, 2.24) is 0 Å². The standard InChI is InChI=1S/C19H32O4S2/c1-7-8-9-13-17(20)15-24(6,19(3,4)5)23-25(21,22)18-14-11-10-12-16(18)2/h10-12,14H,7-9,13,15H2,1-6H3. The Labute approximate surface area is 155 Å². The van der Waals surface area contributed by atoms with Gasteiger partial charge in [0.15, 0.2) is 0 Å². The summed E-state index contributed by atoms with van der Waals surface area (Å²) >= 11 is 0. The molecule has 0 saturated carbocycles. The molecule has 4 nitrogen and oxygen atoms in total. The first-order valence-electron chi connectivity index (χ1n) is 8.72. The largest absolute Gasteiger partial charge is 0.306 e. The second kappa shape index (κ2) is 8.69. The van der Waals surface area contributed by atoms with Crippen LogP contribution in [0.1, 0.15) is 58.9 Å². The Morgan fingerprint density at radius 2 is 1.72 bits per heavy atom. The number of Topliss-reactive ketones (excluding diaryl/α,β-unsaturated/α-hetero) is 1. The van der Waals surface area contributed by atoms with Crippen LogP contribution in [-0.2, 0) is 18.5 Å². The number of aryl methyl sites for hydroxylation is 1. The van der Waals surface area contributed by atoms with Crippen molar-refractivity contribution in [3.8, 4) is 0 Å². The van der Waals surface area contributed by atoms with Crippen LogP contribution in [0.2, 0.25) is 0 Å². The second-order valence-corrected chi connectivity index (χ2v) is 13.0. The lowest BCUT2D eigenvalue weighted by Gasteiger charge is -2.45. The molecule has 0 aliphatic heterocycles. The number of carbonyl (C=O) groups excluding carboxylic acids is 1. The van der Waals surface area contributed by atoms with Gasteiger partial charge in [0.05, 0.1) is 10.6 Å². The molecule has 0 aliphatic carbocycles. The number of hydrogen-bond acceptors (Lipinski definition) is 4. The molecular weight excluding hydrogens is 356 g/mol. The minimum atomic E-state index is -3.92. The van der Waals surface area contributed by atoms with E-state index in [4.69, 9.17) is 3.63 Å². The molecule has 0 radical (unpaired) electrons. The van der Waals surface area contributed by atoms with Gasteiger partial charge in [-0.1, -0.05) is 58.7 Å². The maximum absolute atomic E-state index is 12.8. The molecule has 1 aromatic carbocycles. The molecule has 1 atom stereocenters. The van der Waals surface area contributed by atoms with Crippen LogP contribution in [-0.4, -0.2) is 31.0 Å². The predicted octanol–water partition coefficient (Wildman–Crippen LogP) is 5.00. The molecular formula is C19H32O4S2. The number of ketones is 1. The molecule has 25 heavy (non-hydrogen) atoms. The third-order valence-corrected chi connectivity index (χ3v) is 10.8. The van der Waals surface area contributed by atoms with Gasteiger partial charge in [-0.2, -0.15) is 8.42 Å². The Morgan fingerprint density at radius 3 is 2.24 bits per heavy atom. The topological polar surface area (TPSA) is 60.4 Å². The summed E-state index contributed by atoms with van der Waals surface area (Å²) < 4.78 is 31.0. The molecule has 0 aromatic heterocycles. The van der Waals surface area contributed by atoms with Crippen LogP contribution in [0.5, 0.6) is 0 Å². The summed E-state index contributed by atoms with van der Waals surface area (Å²) in [6, 6.07) is 6.77. The number of rotatable bonds is 9. The third kappa shape index (κ3) is 6.12. The molecule has 0 bridgehead atoms. The highest BCUT2D eigenvalue weighted by Gasteiger charge is 2.40. The van der Waals surface area contributed by atoms with Crippen LogP contribution in [0.15, 0.2) is 29.2 Å². The molecule has 1 rings (SSSR count). The highest BCUT2D eigenvalue weighted by Crippen LogP contribution is 2.58. The van der Waals surface area contributed by atoms with Gasteiger partial charge >= 0.3 is 10.1 Å². The lowest BCUT2D eigenvalue weighted by molar-refractivity contribution is -0.116. The van der Waals surface area contributed by atoms with Crippen molar-refractivity contribution in [2.45, 2.75) is 69.9 Å². The summed E-state index contributed by atoms with van der Waals surface area (Å²) in [5.74, 6) is 0.256. The van der Waals surface area contributed by atoms with Crippen molar-refractivity contribution >= 4 is 26.2 Å². The number of carbonyl (C=O) groups is 1. The van der Waals surface area contributed by atoms with Crippen molar-refractivity contribution in [2.75, 3.05) is 12.0 Å². The fraction of sp³-hybridized carbons (Fsp3) is 0.632. The fourth-order valence-corrected chi connectivity index (χ4v) is 7.15. The van der Waals surface area contributed by atoms with Gasteiger partial charge in [-0.3, -0.25) is 4.79 Å². The SMILES string of the molecule is CCCCCC(=O)CS(C)(OS(=O)(=O)c1ccccc1C)C(C)(C)C. The number of benzene rings is 1. The summed E-state index contributed by atoms with van der Waals surface area (Å²) in [6.07, 6.45) is 5.20. The van der Waals surface area contributed by atoms with Gasteiger partial charge in [0.25, 0.3) is 0 Å². The van der Waals surface area contributed by atoms with E-state index in [1.54, 1.807) is 37.4 Å². The lowest BCUT2D eigenvalue weighted by Crippen LogP contribution is -2.33. The lowest BCUT2D eigenvalue weighted by atomic mass is 10.2. The van der Waals surface area contributed by atoms with E-state index in [1.165, 1.54) is 0 Å². The van der Waals surface area contributed by atoms with Gasteiger partial charge in [0.1, 0.15) is 5.78 Å². The Kier molecular flexibility index (Phi) is 7.71. The van der Waals surface area contributed by atoms with E-state index in [1.807, 2.05) is 20.8 Å². The molecule has 144 valence electrons. The van der Waals surface area contributed by atoms with E-state index in [0.717, 1.165) is 19.3 Å². The first kappa shape index (κ1) is 22.2. The molecule has 0 amide bonds. The van der Waals surface area contributed by atoms with E-state index in [-0.39, 0.29) is 16.4 Å². The van der Waals surface area contributed by atoms with Crippen LogP contribution in [0.4, 0.5) is 0 Å². The zero-order valence-electron chi connectivity index (χ0n) is 16.3. The van der Waals surface area contributed by atoms with Gasteiger partial charge < -0.3 is 0 Å². The molecule has 0 spiro atoms. The molecule has 0 fully saturated rings. The van der Waals surface area contributed by atoms with Crippen molar-refractivity contribution < 1.29 is 16.8 Å². The van der Waals surface area contributed by atoms with Gasteiger partial charge in [0.2, 0.25) is 0 Å². The van der Waals surface area contributed by atoms with Crippen molar-refractivity contribution in [3.05, 3.63) is 29.8 Å². The van der Waals surface area contributed by atoms with Gasteiger partial charge in [0, 0.05) is 11.2 Å². The van der Waals surface area contributed by atoms with Gasteiger partial charge in [-0.15, -0.1) is 10.3 Å². The average Bonchev–Trinajstić information content (AvgIpc) is 2.45. The van der Waals surface area contributed by atoms with E-state index in [9.17, 15) is 13.2 Å². The first-order valence-corrected chi connectivity index (χ1v) is 12.3. The third-order valence-electron chi connectivity index (χ3n) is 4.39. The van der Waals surface area contributed by atoms with Crippen molar-refractivity contribution in [1.29, 1.82) is 0 Å². The predicted molar refractivity (Wildman–Crippen MR) is 107 cm³/mol. The Morgan fingerprint density at radius 1 is 1.12 bits per heavy atom. The van der Waals surface area contributed by atoms with E-state index in [0.29, 0.717) is 12.0 Å². The first-order chi connectivity index (χ1) is 11.4. The van der Waals surface area contributed by atoms with E-state index < -0.39 is 25.2 Å². The highest BCUT2D eigenvalue weighted by molar-refractivity contribution is 8.33. The molecule has 6 heteroatoms. The minimum Gasteiger partial charge on any atom is -0.299 e. The van der Waals surface area contributed by atoms with E-state index in [2.05, 4.69) is 6.92 Å².